The minimum absolute atomic E-state index is 0.0270. The van der Waals surface area contributed by atoms with Crippen molar-refractivity contribution < 1.29 is 14.0 Å². The van der Waals surface area contributed by atoms with Crippen LogP contribution in [0.25, 0.3) is 0 Å². The van der Waals surface area contributed by atoms with E-state index in [1.54, 1.807) is 0 Å². The van der Waals surface area contributed by atoms with Gasteiger partial charge in [-0.25, -0.2) is 0 Å². The molecule has 5 nitrogen and oxygen atoms in total. The Balaban J connectivity index is 2.49. The Labute approximate surface area is 141 Å². The van der Waals surface area contributed by atoms with E-state index in [9.17, 15) is 9.59 Å². The third-order valence-corrected chi connectivity index (χ3v) is 9.85. The van der Waals surface area contributed by atoms with Crippen LogP contribution < -0.4 is 11.1 Å². The smallest absolute Gasteiger partial charge is 0.240 e. The molecule has 0 bridgehead atoms. The highest BCUT2D eigenvalue weighted by Crippen LogP contribution is 2.36. The van der Waals surface area contributed by atoms with E-state index in [1.165, 1.54) is 6.42 Å². The lowest BCUT2D eigenvalue weighted by Gasteiger charge is -2.36. The molecule has 0 heterocycles. The molecule has 0 unspecified atom stereocenters. The number of hydrogen-bond acceptors (Lipinski definition) is 3. The largest absolute Gasteiger partial charge is 0.417 e. The van der Waals surface area contributed by atoms with E-state index in [0.29, 0.717) is 13.0 Å². The SMILES string of the molecule is CC(C)(C)[Si](C)(C)OCC[C@H](NC(=O)C1CCCCC1)C(N)=O. The number of nitrogens with two attached hydrogens (primary N) is 1. The molecule has 1 fully saturated rings. The highest BCUT2D eigenvalue weighted by Gasteiger charge is 2.37. The van der Waals surface area contributed by atoms with Crippen molar-refractivity contribution in [1.82, 2.24) is 5.32 Å². The highest BCUT2D eigenvalue weighted by molar-refractivity contribution is 6.74. The number of rotatable bonds is 7. The van der Waals surface area contributed by atoms with Crippen LogP contribution in [0.5, 0.6) is 0 Å². The summed E-state index contributed by atoms with van der Waals surface area (Å²) in [7, 11) is -1.84. The van der Waals surface area contributed by atoms with Crippen molar-refractivity contribution in [1.29, 1.82) is 0 Å². The average Bonchev–Trinajstić information content (AvgIpc) is 2.45. The minimum Gasteiger partial charge on any atom is -0.417 e. The first-order valence-corrected chi connectivity index (χ1v) is 11.7. The molecule has 23 heavy (non-hydrogen) atoms. The van der Waals surface area contributed by atoms with E-state index in [2.05, 4.69) is 39.2 Å². The van der Waals surface area contributed by atoms with Crippen molar-refractivity contribution in [2.24, 2.45) is 11.7 Å². The molecule has 0 aromatic heterocycles. The van der Waals surface area contributed by atoms with E-state index in [-0.39, 0.29) is 16.9 Å². The van der Waals surface area contributed by atoms with Crippen molar-refractivity contribution in [2.45, 2.75) is 83.5 Å². The van der Waals surface area contributed by atoms with E-state index < -0.39 is 20.3 Å². The quantitative estimate of drug-likeness (QED) is 0.698. The minimum atomic E-state index is -1.84. The standard InChI is InChI=1S/C17H34N2O3Si/c1-17(2,3)23(4,5)22-12-11-14(15(18)20)19-16(21)13-9-7-6-8-10-13/h13-14H,6-12H2,1-5H3,(H2,18,20)(H,19,21)/t14-/m0/s1. The van der Waals surface area contributed by atoms with Crippen molar-refractivity contribution in [3.8, 4) is 0 Å². The fourth-order valence-electron chi connectivity index (χ4n) is 2.59. The predicted octanol–water partition coefficient (Wildman–Crippen LogP) is 2.95. The van der Waals surface area contributed by atoms with Crippen LogP contribution in [0.15, 0.2) is 0 Å². The van der Waals surface area contributed by atoms with Gasteiger partial charge in [-0.3, -0.25) is 9.59 Å². The van der Waals surface area contributed by atoms with Crippen molar-refractivity contribution >= 4 is 20.1 Å². The molecule has 0 aliphatic heterocycles. The summed E-state index contributed by atoms with van der Waals surface area (Å²) in [5, 5.41) is 2.96. The number of primary amides is 1. The maximum absolute atomic E-state index is 12.3. The topological polar surface area (TPSA) is 81.4 Å². The average molecular weight is 343 g/mol. The molecule has 134 valence electrons. The molecule has 1 saturated carbocycles. The van der Waals surface area contributed by atoms with Crippen LogP contribution in [0.3, 0.4) is 0 Å². The maximum Gasteiger partial charge on any atom is 0.240 e. The van der Waals surface area contributed by atoms with Gasteiger partial charge >= 0.3 is 0 Å². The molecule has 0 radical (unpaired) electrons. The molecule has 1 atom stereocenters. The van der Waals surface area contributed by atoms with Crippen LogP contribution in [0.4, 0.5) is 0 Å². The number of carbonyl (C=O) groups is 2. The molecule has 1 rings (SSSR count). The monoisotopic (exact) mass is 342 g/mol. The second-order valence-corrected chi connectivity index (χ2v) is 13.0. The summed E-state index contributed by atoms with van der Waals surface area (Å²) in [6, 6.07) is -0.630. The molecule has 0 aromatic rings. The number of amides is 2. The summed E-state index contributed by atoms with van der Waals surface area (Å²) < 4.78 is 6.08. The zero-order chi connectivity index (χ0) is 17.7. The molecular formula is C17H34N2O3Si. The second-order valence-electron chi connectivity index (χ2n) is 8.20. The van der Waals surface area contributed by atoms with Crippen molar-refractivity contribution in [3.63, 3.8) is 0 Å². The van der Waals surface area contributed by atoms with Crippen LogP contribution in [-0.4, -0.2) is 32.8 Å². The molecule has 2 amide bonds. The van der Waals surface area contributed by atoms with Gasteiger partial charge in [0.15, 0.2) is 8.32 Å². The summed E-state index contributed by atoms with van der Waals surface area (Å²) in [5.74, 6) is -0.472. The van der Waals surface area contributed by atoms with Crippen molar-refractivity contribution in [3.05, 3.63) is 0 Å². The normalized spacial score (nSPS) is 18.5. The molecule has 6 heteroatoms. The van der Waals surface area contributed by atoms with Gasteiger partial charge in [0.05, 0.1) is 0 Å². The zero-order valence-electron chi connectivity index (χ0n) is 15.4. The Bertz CT molecular complexity index is 413. The van der Waals surface area contributed by atoms with Crippen LogP contribution in [0.1, 0.15) is 59.3 Å². The van der Waals surface area contributed by atoms with E-state index in [0.717, 1.165) is 25.7 Å². The third-order valence-electron chi connectivity index (χ3n) is 5.31. The Morgan fingerprint density at radius 1 is 1.22 bits per heavy atom. The molecular weight excluding hydrogens is 308 g/mol. The van der Waals surface area contributed by atoms with Crippen LogP contribution in [0.2, 0.25) is 18.1 Å². The summed E-state index contributed by atoms with van der Waals surface area (Å²) in [5.41, 5.74) is 5.45. The lowest BCUT2D eigenvalue weighted by Crippen LogP contribution is -2.48. The van der Waals surface area contributed by atoms with Gasteiger partial charge in [-0.1, -0.05) is 40.0 Å². The molecule has 1 aliphatic carbocycles. The van der Waals surface area contributed by atoms with Gasteiger partial charge in [0.25, 0.3) is 0 Å². The van der Waals surface area contributed by atoms with E-state index in [1.807, 2.05) is 0 Å². The molecule has 1 aliphatic rings. The Hall–Kier alpha value is -0.883. The third kappa shape index (κ3) is 6.26. The first kappa shape index (κ1) is 20.2. The first-order valence-electron chi connectivity index (χ1n) is 8.78. The maximum atomic E-state index is 12.3. The molecule has 3 N–H and O–H groups in total. The lowest BCUT2D eigenvalue weighted by atomic mass is 9.88. The molecule has 0 saturated heterocycles. The van der Waals surface area contributed by atoms with Crippen LogP contribution in [0, 0.1) is 5.92 Å². The lowest BCUT2D eigenvalue weighted by molar-refractivity contribution is -0.130. The molecule has 0 spiro atoms. The van der Waals surface area contributed by atoms with Gasteiger partial charge in [-0.2, -0.15) is 0 Å². The summed E-state index contributed by atoms with van der Waals surface area (Å²) in [4.78, 5) is 23.9. The number of nitrogens with one attached hydrogen (secondary N) is 1. The fourth-order valence-corrected chi connectivity index (χ4v) is 3.65. The van der Waals surface area contributed by atoms with Crippen LogP contribution in [-0.2, 0) is 14.0 Å². The summed E-state index contributed by atoms with van der Waals surface area (Å²) in [6.07, 6.45) is 5.65. The number of hydrogen-bond donors (Lipinski definition) is 2. The van der Waals surface area contributed by atoms with Crippen LogP contribution >= 0.6 is 0 Å². The predicted molar refractivity (Wildman–Crippen MR) is 95.5 cm³/mol. The van der Waals surface area contributed by atoms with Gasteiger partial charge in [-0.15, -0.1) is 0 Å². The zero-order valence-corrected chi connectivity index (χ0v) is 16.4. The van der Waals surface area contributed by atoms with Crippen molar-refractivity contribution in [2.75, 3.05) is 6.61 Å². The summed E-state index contributed by atoms with van der Waals surface area (Å²) in [6.45, 7) is 11.3. The second kappa shape index (κ2) is 8.28. The Morgan fingerprint density at radius 3 is 2.26 bits per heavy atom. The van der Waals surface area contributed by atoms with Gasteiger partial charge in [-0.05, 0) is 37.4 Å². The fraction of sp³-hybridized carbons (Fsp3) is 0.882. The first-order chi connectivity index (χ1) is 10.5. The Kier molecular flexibility index (Phi) is 7.26. The molecule has 0 aromatic carbocycles. The van der Waals surface area contributed by atoms with Gasteiger partial charge < -0.3 is 15.5 Å². The van der Waals surface area contributed by atoms with Gasteiger partial charge in [0.1, 0.15) is 6.04 Å². The Morgan fingerprint density at radius 2 is 1.78 bits per heavy atom. The number of carbonyl (C=O) groups excluding carboxylic acids is 2. The van der Waals surface area contributed by atoms with Gasteiger partial charge in [0.2, 0.25) is 11.8 Å². The van der Waals surface area contributed by atoms with Gasteiger partial charge in [0, 0.05) is 12.5 Å². The summed E-state index contributed by atoms with van der Waals surface area (Å²) >= 11 is 0. The highest BCUT2D eigenvalue weighted by atomic mass is 28.4. The van der Waals surface area contributed by atoms with E-state index >= 15 is 0 Å². The van der Waals surface area contributed by atoms with E-state index in [4.69, 9.17) is 10.2 Å².